The van der Waals surface area contributed by atoms with Gasteiger partial charge in [0.1, 0.15) is 0 Å². The normalized spacial score (nSPS) is 12.4. The molecule has 2 aromatic rings. The summed E-state index contributed by atoms with van der Waals surface area (Å²) in [4.78, 5) is 4.59. The van der Waals surface area contributed by atoms with Gasteiger partial charge in [0.05, 0.1) is 5.69 Å². The van der Waals surface area contributed by atoms with Gasteiger partial charge in [-0.2, -0.15) is 0 Å². The second-order valence-electron chi connectivity index (χ2n) is 5.01. The molecule has 1 aromatic carbocycles. The van der Waals surface area contributed by atoms with Crippen LogP contribution in [0, 0.1) is 6.92 Å². The van der Waals surface area contributed by atoms with Crippen LogP contribution >= 0.6 is 0 Å². The molecule has 0 saturated heterocycles. The van der Waals surface area contributed by atoms with Crippen LogP contribution in [0.15, 0.2) is 73.0 Å². The van der Waals surface area contributed by atoms with Crippen LogP contribution in [0.3, 0.4) is 0 Å². The Hall–Kier alpha value is -2.41. The van der Waals surface area contributed by atoms with Crippen LogP contribution < -0.4 is 0 Å². The van der Waals surface area contributed by atoms with Gasteiger partial charge in [0, 0.05) is 11.8 Å². The number of benzene rings is 1. The van der Waals surface area contributed by atoms with Crippen LogP contribution in [-0.4, -0.2) is 4.98 Å². The molecule has 21 heavy (non-hydrogen) atoms. The van der Waals surface area contributed by atoms with Crippen LogP contribution in [-0.2, 0) is 0 Å². The minimum absolute atomic E-state index is 1.03. The predicted octanol–water partition coefficient (Wildman–Crippen LogP) is 5.59. The van der Waals surface area contributed by atoms with E-state index in [9.17, 15) is 0 Å². The molecule has 0 bridgehead atoms. The summed E-state index contributed by atoms with van der Waals surface area (Å²) in [6.07, 6.45) is 12.1. The highest BCUT2D eigenvalue weighted by atomic mass is 14.7. The van der Waals surface area contributed by atoms with E-state index >= 15 is 0 Å². The molecule has 0 fully saturated rings. The van der Waals surface area contributed by atoms with Gasteiger partial charge >= 0.3 is 0 Å². The molecule has 0 amide bonds. The van der Waals surface area contributed by atoms with Crippen molar-refractivity contribution >= 4 is 5.57 Å². The van der Waals surface area contributed by atoms with E-state index in [1.807, 2.05) is 43.5 Å². The zero-order valence-electron chi connectivity index (χ0n) is 12.9. The van der Waals surface area contributed by atoms with E-state index in [0.29, 0.717) is 0 Å². The van der Waals surface area contributed by atoms with Crippen molar-refractivity contribution in [1.29, 1.82) is 0 Å². The Morgan fingerprint density at radius 3 is 2.48 bits per heavy atom. The highest BCUT2D eigenvalue weighted by Gasteiger charge is 2.04. The Bertz CT molecular complexity index is 676. The van der Waals surface area contributed by atoms with Gasteiger partial charge in [-0.05, 0) is 43.5 Å². The van der Waals surface area contributed by atoms with Crippen LogP contribution in [0.1, 0.15) is 25.1 Å². The minimum atomic E-state index is 1.03. The molecule has 1 heterocycles. The van der Waals surface area contributed by atoms with E-state index in [4.69, 9.17) is 0 Å². The van der Waals surface area contributed by atoms with Crippen molar-refractivity contribution in [2.75, 3.05) is 0 Å². The van der Waals surface area contributed by atoms with Gasteiger partial charge in [0.15, 0.2) is 0 Å². The molecule has 0 radical (unpaired) electrons. The zero-order valence-corrected chi connectivity index (χ0v) is 12.9. The number of aromatic nitrogens is 1. The monoisotopic (exact) mass is 275 g/mol. The molecule has 0 spiro atoms. The summed E-state index contributed by atoms with van der Waals surface area (Å²) >= 11 is 0. The van der Waals surface area contributed by atoms with E-state index in [1.54, 1.807) is 0 Å². The minimum Gasteiger partial charge on any atom is -0.256 e. The predicted molar refractivity (Wildman–Crippen MR) is 92.0 cm³/mol. The molecule has 0 aliphatic rings. The van der Waals surface area contributed by atoms with Crippen molar-refractivity contribution in [2.24, 2.45) is 0 Å². The summed E-state index contributed by atoms with van der Waals surface area (Å²) < 4.78 is 0. The smallest absolute Gasteiger partial charge is 0.0661 e. The highest BCUT2D eigenvalue weighted by molar-refractivity contribution is 5.70. The zero-order chi connectivity index (χ0) is 15.1. The first-order valence-corrected chi connectivity index (χ1v) is 7.21. The molecule has 1 nitrogen and oxygen atoms in total. The van der Waals surface area contributed by atoms with Crippen molar-refractivity contribution in [3.8, 4) is 11.1 Å². The maximum Gasteiger partial charge on any atom is 0.0661 e. The maximum atomic E-state index is 4.59. The number of hydrogen-bond acceptors (Lipinski definition) is 1. The summed E-state index contributed by atoms with van der Waals surface area (Å²) in [5.41, 5.74) is 5.84. The third-order valence-electron chi connectivity index (χ3n) is 3.36. The van der Waals surface area contributed by atoms with Gasteiger partial charge in [-0.15, -0.1) is 0 Å². The third kappa shape index (κ3) is 4.03. The quantitative estimate of drug-likeness (QED) is 0.662. The van der Waals surface area contributed by atoms with E-state index in [-0.39, 0.29) is 0 Å². The molecule has 0 saturated carbocycles. The Kier molecular flexibility index (Phi) is 5.28. The van der Waals surface area contributed by atoms with Crippen molar-refractivity contribution in [3.05, 3.63) is 84.2 Å². The average molecular weight is 275 g/mol. The molecule has 0 aliphatic heterocycles. The van der Waals surface area contributed by atoms with Gasteiger partial charge in [-0.3, -0.25) is 4.98 Å². The number of pyridine rings is 1. The average Bonchev–Trinajstić information content (AvgIpc) is 2.52. The van der Waals surface area contributed by atoms with Gasteiger partial charge < -0.3 is 0 Å². The first-order valence-electron chi connectivity index (χ1n) is 7.21. The Balaban J connectivity index is 2.27. The second-order valence-corrected chi connectivity index (χ2v) is 5.01. The molecule has 2 rings (SSSR count). The summed E-state index contributed by atoms with van der Waals surface area (Å²) in [6, 6.07) is 12.5. The Morgan fingerprint density at radius 2 is 1.81 bits per heavy atom. The number of hydrogen-bond donors (Lipinski definition) is 0. The molecular formula is C20H21N. The topological polar surface area (TPSA) is 12.9 Å². The summed E-state index contributed by atoms with van der Waals surface area (Å²) in [5, 5.41) is 0. The number of allylic oxidation sites excluding steroid dienone is 6. The first-order chi connectivity index (χ1) is 10.2. The lowest BCUT2D eigenvalue weighted by Gasteiger charge is -2.08. The third-order valence-corrected chi connectivity index (χ3v) is 3.36. The van der Waals surface area contributed by atoms with Crippen LogP contribution in [0.25, 0.3) is 16.7 Å². The SMILES string of the molecule is C/C=C/C=C\C=C(/C)c1cc(C)c(-c2ccccc2)cn1. The summed E-state index contributed by atoms with van der Waals surface area (Å²) in [7, 11) is 0. The molecule has 1 heteroatoms. The van der Waals surface area contributed by atoms with E-state index in [2.05, 4.69) is 55.2 Å². The summed E-state index contributed by atoms with van der Waals surface area (Å²) in [6.45, 7) is 6.23. The molecule has 0 N–H and O–H groups in total. The van der Waals surface area contributed by atoms with Crippen LogP contribution in [0.2, 0.25) is 0 Å². The van der Waals surface area contributed by atoms with Gasteiger partial charge in [-0.25, -0.2) is 0 Å². The fourth-order valence-corrected chi connectivity index (χ4v) is 2.15. The molecule has 0 unspecified atom stereocenters. The molecular weight excluding hydrogens is 254 g/mol. The lowest BCUT2D eigenvalue weighted by Crippen LogP contribution is -1.91. The summed E-state index contributed by atoms with van der Waals surface area (Å²) in [5.74, 6) is 0. The lowest BCUT2D eigenvalue weighted by atomic mass is 10.0. The Labute approximate surface area is 127 Å². The Morgan fingerprint density at radius 1 is 1.05 bits per heavy atom. The molecule has 1 aromatic heterocycles. The number of rotatable bonds is 4. The van der Waals surface area contributed by atoms with Crippen LogP contribution in [0.5, 0.6) is 0 Å². The van der Waals surface area contributed by atoms with E-state index in [1.165, 1.54) is 22.3 Å². The van der Waals surface area contributed by atoms with Crippen molar-refractivity contribution < 1.29 is 0 Å². The molecule has 0 aliphatic carbocycles. The highest BCUT2D eigenvalue weighted by Crippen LogP contribution is 2.24. The second kappa shape index (κ2) is 7.39. The standard InChI is InChI=1S/C20H21N/c1-4-5-6-8-11-16(2)20-14-17(3)19(15-21-20)18-12-9-7-10-13-18/h4-15H,1-3H3/b5-4+,8-6-,16-11+. The van der Waals surface area contributed by atoms with Crippen LogP contribution in [0.4, 0.5) is 0 Å². The van der Waals surface area contributed by atoms with E-state index < -0.39 is 0 Å². The lowest BCUT2D eigenvalue weighted by molar-refractivity contribution is 1.24. The van der Waals surface area contributed by atoms with Gasteiger partial charge in [0.2, 0.25) is 0 Å². The molecule has 0 atom stereocenters. The van der Waals surface area contributed by atoms with Crippen molar-refractivity contribution in [1.82, 2.24) is 4.98 Å². The fourth-order valence-electron chi connectivity index (χ4n) is 2.15. The van der Waals surface area contributed by atoms with Crippen molar-refractivity contribution in [2.45, 2.75) is 20.8 Å². The van der Waals surface area contributed by atoms with Gasteiger partial charge in [0.25, 0.3) is 0 Å². The number of nitrogens with zero attached hydrogens (tertiary/aromatic N) is 1. The number of aryl methyl sites for hydroxylation is 1. The van der Waals surface area contributed by atoms with Crippen molar-refractivity contribution in [3.63, 3.8) is 0 Å². The largest absolute Gasteiger partial charge is 0.256 e. The van der Waals surface area contributed by atoms with Gasteiger partial charge in [-0.1, -0.05) is 60.7 Å². The maximum absolute atomic E-state index is 4.59. The first kappa shape index (κ1) is 15.0. The van der Waals surface area contributed by atoms with E-state index in [0.717, 1.165) is 5.69 Å². The fraction of sp³-hybridized carbons (Fsp3) is 0.150. The molecule has 106 valence electrons.